The molecule has 0 unspecified atom stereocenters. The molecule has 0 fully saturated rings. The minimum Gasteiger partial charge on any atom is -0.383 e. The van der Waals surface area contributed by atoms with Crippen molar-refractivity contribution in [2.75, 3.05) is 23.3 Å². The van der Waals surface area contributed by atoms with Gasteiger partial charge < -0.3 is 11.1 Å². The predicted octanol–water partition coefficient (Wildman–Crippen LogP) is 0.0201. The summed E-state index contributed by atoms with van der Waals surface area (Å²) in [5.41, 5.74) is 6.49. The molecule has 0 radical (unpaired) electrons. The van der Waals surface area contributed by atoms with Gasteiger partial charge in [0.05, 0.1) is 5.75 Å². The van der Waals surface area contributed by atoms with E-state index in [1.165, 1.54) is 0 Å². The van der Waals surface area contributed by atoms with Crippen LogP contribution in [0, 0.1) is 6.92 Å². The quantitative estimate of drug-likeness (QED) is 0.671. The highest BCUT2D eigenvalue weighted by molar-refractivity contribution is 7.89. The summed E-state index contributed by atoms with van der Waals surface area (Å²) in [6.07, 6.45) is 1.65. The van der Waals surface area contributed by atoms with Crippen molar-refractivity contribution in [3.8, 4) is 0 Å². The second-order valence-corrected chi connectivity index (χ2v) is 5.78. The van der Waals surface area contributed by atoms with Gasteiger partial charge in [0.1, 0.15) is 17.5 Å². The normalized spacial score (nSPS) is 11.5. The monoisotopic (exact) mass is 273 g/mol. The van der Waals surface area contributed by atoms with E-state index >= 15 is 0 Å². The Morgan fingerprint density at radius 3 is 2.56 bits per heavy atom. The summed E-state index contributed by atoms with van der Waals surface area (Å²) in [4.78, 5) is 8.47. The first kappa shape index (κ1) is 14.7. The largest absolute Gasteiger partial charge is 0.383 e. The first-order valence-corrected chi connectivity index (χ1v) is 7.42. The van der Waals surface area contributed by atoms with Crippen molar-refractivity contribution in [2.45, 2.75) is 26.7 Å². The highest BCUT2D eigenvalue weighted by atomic mass is 32.2. The lowest BCUT2D eigenvalue weighted by atomic mass is 10.2. The van der Waals surface area contributed by atoms with E-state index in [9.17, 15) is 8.42 Å². The molecular weight excluding hydrogens is 254 g/mol. The van der Waals surface area contributed by atoms with Crippen molar-refractivity contribution in [2.24, 2.45) is 5.14 Å². The second kappa shape index (κ2) is 5.96. The Balaban J connectivity index is 2.80. The Morgan fingerprint density at radius 2 is 2.00 bits per heavy atom. The smallest absolute Gasteiger partial charge is 0.210 e. The van der Waals surface area contributed by atoms with E-state index in [1.807, 2.05) is 6.92 Å². The summed E-state index contributed by atoms with van der Waals surface area (Å²) in [5.74, 6) is 1.47. The number of aromatic nitrogens is 2. The molecule has 0 spiro atoms. The Bertz CT molecular complexity index is 515. The van der Waals surface area contributed by atoms with E-state index in [-0.39, 0.29) is 12.3 Å². The number of nitrogens with two attached hydrogens (primary N) is 2. The number of anilines is 2. The molecule has 0 saturated carbocycles. The van der Waals surface area contributed by atoms with E-state index < -0.39 is 10.0 Å². The molecule has 18 heavy (non-hydrogen) atoms. The van der Waals surface area contributed by atoms with Crippen LogP contribution in [0.15, 0.2) is 0 Å². The summed E-state index contributed by atoms with van der Waals surface area (Å²) in [7, 11) is -3.47. The molecule has 0 aliphatic heterocycles. The van der Waals surface area contributed by atoms with Crippen molar-refractivity contribution in [1.29, 1.82) is 0 Å². The zero-order valence-corrected chi connectivity index (χ0v) is 11.4. The molecule has 0 aliphatic rings. The molecule has 1 aromatic heterocycles. The lowest BCUT2D eigenvalue weighted by Gasteiger charge is -2.11. The molecule has 7 nitrogen and oxygen atoms in total. The van der Waals surface area contributed by atoms with E-state index in [2.05, 4.69) is 15.3 Å². The predicted molar refractivity (Wildman–Crippen MR) is 71.6 cm³/mol. The minimum absolute atomic E-state index is 0.153. The van der Waals surface area contributed by atoms with E-state index in [0.29, 0.717) is 23.0 Å². The maximum absolute atomic E-state index is 10.8. The fourth-order valence-corrected chi connectivity index (χ4v) is 1.79. The summed E-state index contributed by atoms with van der Waals surface area (Å²) in [5, 5.41) is 7.84. The number of nitrogens with zero attached hydrogens (tertiary/aromatic N) is 2. The Labute approximate surface area is 107 Å². The number of hydrogen-bond donors (Lipinski definition) is 3. The van der Waals surface area contributed by atoms with E-state index in [1.54, 1.807) is 6.92 Å². The minimum atomic E-state index is -3.47. The van der Waals surface area contributed by atoms with Crippen molar-refractivity contribution in [3.63, 3.8) is 0 Å². The standard InChI is InChI=1S/C10H19N5O2S/c1-3-4-8-14-9(11)7(2)10(15-8)13-5-6-18(12,16)17/h3-6H2,1-2H3,(H2,12,16,17)(H3,11,13,14,15). The molecule has 8 heteroatoms. The fourth-order valence-electron chi connectivity index (χ4n) is 1.40. The SMILES string of the molecule is CCCc1nc(N)c(C)c(NCCS(N)(=O)=O)n1. The van der Waals surface area contributed by atoms with Crippen LogP contribution in [0.4, 0.5) is 11.6 Å². The summed E-state index contributed by atoms with van der Waals surface area (Å²) >= 11 is 0. The van der Waals surface area contributed by atoms with E-state index in [0.717, 1.165) is 12.8 Å². The average Bonchev–Trinajstić information content (AvgIpc) is 2.23. The summed E-state index contributed by atoms with van der Waals surface area (Å²) < 4.78 is 21.6. The lowest BCUT2D eigenvalue weighted by Crippen LogP contribution is -2.23. The van der Waals surface area contributed by atoms with Gasteiger partial charge in [-0.05, 0) is 13.3 Å². The highest BCUT2D eigenvalue weighted by Gasteiger charge is 2.09. The van der Waals surface area contributed by atoms with Gasteiger partial charge in [-0.3, -0.25) is 0 Å². The summed E-state index contributed by atoms with van der Waals surface area (Å²) in [6.45, 7) is 4.00. The Hall–Kier alpha value is -1.41. The molecular formula is C10H19N5O2S. The van der Waals surface area contributed by atoms with Crippen LogP contribution >= 0.6 is 0 Å². The third-order valence-corrected chi connectivity index (χ3v) is 3.16. The van der Waals surface area contributed by atoms with Gasteiger partial charge in [-0.2, -0.15) is 0 Å². The van der Waals surface area contributed by atoms with Gasteiger partial charge in [0.15, 0.2) is 0 Å². The molecule has 0 amide bonds. The first-order valence-electron chi connectivity index (χ1n) is 5.71. The molecule has 0 aliphatic carbocycles. The molecule has 5 N–H and O–H groups in total. The zero-order chi connectivity index (χ0) is 13.8. The van der Waals surface area contributed by atoms with Crippen LogP contribution in [-0.2, 0) is 16.4 Å². The lowest BCUT2D eigenvalue weighted by molar-refractivity contribution is 0.598. The number of aryl methyl sites for hydroxylation is 1. The number of primary sulfonamides is 1. The van der Waals surface area contributed by atoms with Crippen LogP contribution in [0.1, 0.15) is 24.7 Å². The maximum atomic E-state index is 10.8. The molecule has 1 aromatic rings. The van der Waals surface area contributed by atoms with Gasteiger partial charge in [-0.25, -0.2) is 23.5 Å². The third kappa shape index (κ3) is 4.46. The van der Waals surface area contributed by atoms with Gasteiger partial charge in [0.2, 0.25) is 10.0 Å². The molecule has 0 aromatic carbocycles. The molecule has 102 valence electrons. The van der Waals surface area contributed by atoms with Crippen LogP contribution in [0.2, 0.25) is 0 Å². The Kier molecular flexibility index (Phi) is 4.85. The first-order chi connectivity index (χ1) is 8.33. The van der Waals surface area contributed by atoms with Crippen molar-refractivity contribution in [1.82, 2.24) is 9.97 Å². The Morgan fingerprint density at radius 1 is 1.33 bits per heavy atom. The summed E-state index contributed by atoms with van der Waals surface area (Å²) in [6, 6.07) is 0. The van der Waals surface area contributed by atoms with Gasteiger partial charge in [-0.15, -0.1) is 0 Å². The van der Waals surface area contributed by atoms with Gasteiger partial charge >= 0.3 is 0 Å². The van der Waals surface area contributed by atoms with Crippen molar-refractivity contribution < 1.29 is 8.42 Å². The van der Waals surface area contributed by atoms with Crippen LogP contribution in [0.5, 0.6) is 0 Å². The number of hydrogen-bond acceptors (Lipinski definition) is 6. The van der Waals surface area contributed by atoms with E-state index in [4.69, 9.17) is 10.9 Å². The van der Waals surface area contributed by atoms with Crippen LogP contribution in [0.25, 0.3) is 0 Å². The molecule has 0 atom stereocenters. The maximum Gasteiger partial charge on any atom is 0.210 e. The van der Waals surface area contributed by atoms with Gasteiger partial charge in [-0.1, -0.05) is 6.92 Å². The highest BCUT2D eigenvalue weighted by Crippen LogP contribution is 2.17. The number of sulfonamides is 1. The molecule has 0 saturated heterocycles. The van der Waals surface area contributed by atoms with Crippen LogP contribution in [-0.4, -0.2) is 30.7 Å². The number of nitrogens with one attached hydrogen (secondary N) is 1. The third-order valence-electron chi connectivity index (χ3n) is 2.38. The zero-order valence-electron chi connectivity index (χ0n) is 10.6. The van der Waals surface area contributed by atoms with Crippen LogP contribution < -0.4 is 16.2 Å². The molecule has 1 heterocycles. The fraction of sp³-hybridized carbons (Fsp3) is 0.600. The van der Waals surface area contributed by atoms with Crippen molar-refractivity contribution >= 4 is 21.7 Å². The average molecular weight is 273 g/mol. The second-order valence-electron chi connectivity index (χ2n) is 4.04. The molecule has 1 rings (SSSR count). The van der Waals surface area contributed by atoms with Gasteiger partial charge in [0, 0.05) is 18.5 Å². The van der Waals surface area contributed by atoms with Crippen LogP contribution in [0.3, 0.4) is 0 Å². The van der Waals surface area contributed by atoms with Gasteiger partial charge in [0.25, 0.3) is 0 Å². The molecule has 0 bridgehead atoms. The van der Waals surface area contributed by atoms with Crippen molar-refractivity contribution in [3.05, 3.63) is 11.4 Å². The topological polar surface area (TPSA) is 124 Å². The number of rotatable bonds is 6. The number of nitrogen functional groups attached to an aromatic ring is 1.